The first-order chi connectivity index (χ1) is 6.22. The summed E-state index contributed by atoms with van der Waals surface area (Å²) in [5.74, 6) is 1.62. The molecular formula is C9H15N3O. The Balaban J connectivity index is 2.45. The van der Waals surface area contributed by atoms with E-state index >= 15 is 0 Å². The van der Waals surface area contributed by atoms with Crippen molar-refractivity contribution in [2.75, 3.05) is 19.0 Å². The van der Waals surface area contributed by atoms with Crippen molar-refractivity contribution in [1.82, 2.24) is 9.97 Å². The molecule has 4 nitrogen and oxygen atoms in total. The Morgan fingerprint density at radius 2 is 2.38 bits per heavy atom. The van der Waals surface area contributed by atoms with Gasteiger partial charge >= 0.3 is 0 Å². The molecule has 13 heavy (non-hydrogen) atoms. The summed E-state index contributed by atoms with van der Waals surface area (Å²) in [5.41, 5.74) is 0. The van der Waals surface area contributed by atoms with Crippen molar-refractivity contribution < 1.29 is 4.74 Å². The van der Waals surface area contributed by atoms with E-state index in [1.807, 2.05) is 19.9 Å². The van der Waals surface area contributed by atoms with E-state index in [0.29, 0.717) is 0 Å². The van der Waals surface area contributed by atoms with Crippen LogP contribution in [0.15, 0.2) is 12.3 Å². The van der Waals surface area contributed by atoms with Crippen LogP contribution in [0.4, 0.5) is 5.82 Å². The lowest BCUT2D eigenvalue weighted by Gasteiger charge is -2.10. The van der Waals surface area contributed by atoms with Gasteiger partial charge in [-0.2, -0.15) is 0 Å². The lowest BCUT2D eigenvalue weighted by molar-refractivity contribution is 0.128. The number of methoxy groups -OCH3 is 1. The minimum Gasteiger partial charge on any atom is -0.380 e. The van der Waals surface area contributed by atoms with Gasteiger partial charge in [-0.25, -0.2) is 9.97 Å². The molecule has 0 bridgehead atoms. The highest BCUT2D eigenvalue weighted by Gasteiger charge is 1.99. The maximum atomic E-state index is 5.10. The Hall–Kier alpha value is -1.16. The molecule has 1 aromatic rings. The van der Waals surface area contributed by atoms with Crippen molar-refractivity contribution in [3.05, 3.63) is 18.1 Å². The molecule has 0 saturated heterocycles. The quantitative estimate of drug-likeness (QED) is 0.759. The van der Waals surface area contributed by atoms with Gasteiger partial charge in [-0.1, -0.05) is 0 Å². The zero-order valence-electron chi connectivity index (χ0n) is 8.24. The van der Waals surface area contributed by atoms with Crippen LogP contribution in [0.5, 0.6) is 0 Å². The van der Waals surface area contributed by atoms with E-state index in [9.17, 15) is 0 Å². The van der Waals surface area contributed by atoms with E-state index in [2.05, 4.69) is 15.3 Å². The van der Waals surface area contributed by atoms with Crippen LogP contribution >= 0.6 is 0 Å². The van der Waals surface area contributed by atoms with Gasteiger partial charge in [-0.05, 0) is 19.9 Å². The predicted octanol–water partition coefficient (Wildman–Crippen LogP) is 1.23. The van der Waals surface area contributed by atoms with Crippen molar-refractivity contribution in [2.45, 2.75) is 20.0 Å². The van der Waals surface area contributed by atoms with Crippen LogP contribution in [-0.4, -0.2) is 29.7 Å². The number of rotatable bonds is 4. The molecule has 1 heterocycles. The number of hydrogen-bond acceptors (Lipinski definition) is 4. The number of aryl methyl sites for hydroxylation is 1. The molecule has 1 unspecified atom stereocenters. The molecule has 0 saturated carbocycles. The Bertz CT molecular complexity index is 265. The largest absolute Gasteiger partial charge is 0.380 e. The molecule has 1 atom stereocenters. The minimum atomic E-state index is 0.190. The summed E-state index contributed by atoms with van der Waals surface area (Å²) in [5, 5.41) is 3.16. The molecule has 0 fully saturated rings. The second kappa shape index (κ2) is 4.77. The Morgan fingerprint density at radius 1 is 1.62 bits per heavy atom. The first-order valence-electron chi connectivity index (χ1n) is 4.28. The standard InChI is InChI=1S/C9H15N3O/c1-7(13-3)6-11-9-4-5-10-8(2)12-9/h4-5,7H,6H2,1-3H3,(H,10,11,12). The molecule has 0 aromatic carbocycles. The lowest BCUT2D eigenvalue weighted by atomic mass is 10.4. The van der Waals surface area contributed by atoms with Gasteiger partial charge in [0.25, 0.3) is 0 Å². The number of anilines is 1. The summed E-state index contributed by atoms with van der Waals surface area (Å²) >= 11 is 0. The van der Waals surface area contributed by atoms with E-state index < -0.39 is 0 Å². The molecule has 1 rings (SSSR count). The summed E-state index contributed by atoms with van der Waals surface area (Å²) in [6.45, 7) is 4.62. The molecule has 0 amide bonds. The Labute approximate surface area is 78.4 Å². The fraction of sp³-hybridized carbons (Fsp3) is 0.556. The first kappa shape index (κ1) is 9.92. The first-order valence-corrected chi connectivity index (χ1v) is 4.28. The van der Waals surface area contributed by atoms with Gasteiger partial charge < -0.3 is 10.1 Å². The normalized spacial score (nSPS) is 12.5. The molecular weight excluding hydrogens is 166 g/mol. The second-order valence-corrected chi connectivity index (χ2v) is 2.92. The highest BCUT2D eigenvalue weighted by Crippen LogP contribution is 2.01. The maximum Gasteiger partial charge on any atom is 0.129 e. The monoisotopic (exact) mass is 181 g/mol. The fourth-order valence-electron chi connectivity index (χ4n) is 0.886. The van der Waals surface area contributed by atoms with E-state index in [-0.39, 0.29) is 6.10 Å². The van der Waals surface area contributed by atoms with Gasteiger partial charge in [0.2, 0.25) is 0 Å². The Kier molecular flexibility index (Phi) is 3.64. The number of aromatic nitrogens is 2. The number of nitrogens with one attached hydrogen (secondary N) is 1. The second-order valence-electron chi connectivity index (χ2n) is 2.92. The lowest BCUT2D eigenvalue weighted by Crippen LogP contribution is -2.18. The van der Waals surface area contributed by atoms with E-state index in [1.165, 1.54) is 0 Å². The molecule has 0 radical (unpaired) electrons. The number of ether oxygens (including phenoxy) is 1. The Morgan fingerprint density at radius 3 is 3.00 bits per heavy atom. The number of nitrogens with zero attached hydrogens (tertiary/aromatic N) is 2. The smallest absolute Gasteiger partial charge is 0.129 e. The summed E-state index contributed by atoms with van der Waals surface area (Å²) < 4.78 is 5.10. The summed E-state index contributed by atoms with van der Waals surface area (Å²) in [6.07, 6.45) is 1.93. The predicted molar refractivity (Wildman–Crippen MR) is 51.7 cm³/mol. The van der Waals surface area contributed by atoms with E-state index in [1.54, 1.807) is 13.3 Å². The third-order valence-corrected chi connectivity index (χ3v) is 1.75. The van der Waals surface area contributed by atoms with Crippen molar-refractivity contribution in [3.8, 4) is 0 Å². The third-order valence-electron chi connectivity index (χ3n) is 1.75. The van der Waals surface area contributed by atoms with Crippen LogP contribution in [0.1, 0.15) is 12.7 Å². The van der Waals surface area contributed by atoms with Gasteiger partial charge in [-0.15, -0.1) is 0 Å². The summed E-state index contributed by atoms with van der Waals surface area (Å²) in [6, 6.07) is 1.84. The van der Waals surface area contributed by atoms with Crippen LogP contribution in [0.25, 0.3) is 0 Å². The van der Waals surface area contributed by atoms with Crippen LogP contribution in [0.3, 0.4) is 0 Å². The third kappa shape index (κ3) is 3.38. The van der Waals surface area contributed by atoms with Gasteiger partial charge in [0.1, 0.15) is 11.6 Å². The van der Waals surface area contributed by atoms with Crippen LogP contribution < -0.4 is 5.32 Å². The van der Waals surface area contributed by atoms with Crippen molar-refractivity contribution in [2.24, 2.45) is 0 Å². The number of hydrogen-bond donors (Lipinski definition) is 1. The molecule has 0 aliphatic rings. The summed E-state index contributed by atoms with van der Waals surface area (Å²) in [7, 11) is 1.69. The molecule has 4 heteroatoms. The fourth-order valence-corrected chi connectivity index (χ4v) is 0.886. The molecule has 0 aliphatic heterocycles. The zero-order valence-corrected chi connectivity index (χ0v) is 8.24. The van der Waals surface area contributed by atoms with E-state index in [4.69, 9.17) is 4.74 Å². The van der Waals surface area contributed by atoms with Crippen molar-refractivity contribution in [1.29, 1.82) is 0 Å². The average Bonchev–Trinajstić information content (AvgIpc) is 2.14. The highest BCUT2D eigenvalue weighted by atomic mass is 16.5. The molecule has 0 aliphatic carbocycles. The molecule has 1 aromatic heterocycles. The van der Waals surface area contributed by atoms with Crippen molar-refractivity contribution >= 4 is 5.82 Å². The van der Waals surface area contributed by atoms with Crippen molar-refractivity contribution in [3.63, 3.8) is 0 Å². The highest BCUT2D eigenvalue weighted by molar-refractivity contribution is 5.32. The molecule has 72 valence electrons. The van der Waals surface area contributed by atoms with Crippen LogP contribution in [0.2, 0.25) is 0 Å². The molecule has 1 N–H and O–H groups in total. The topological polar surface area (TPSA) is 47.0 Å². The summed E-state index contributed by atoms with van der Waals surface area (Å²) in [4.78, 5) is 8.21. The zero-order chi connectivity index (χ0) is 9.68. The minimum absolute atomic E-state index is 0.190. The molecule has 0 spiro atoms. The van der Waals surface area contributed by atoms with Gasteiger partial charge in [-0.3, -0.25) is 0 Å². The maximum absolute atomic E-state index is 5.10. The van der Waals surface area contributed by atoms with Crippen LogP contribution in [-0.2, 0) is 4.74 Å². The van der Waals surface area contributed by atoms with E-state index in [0.717, 1.165) is 18.2 Å². The average molecular weight is 181 g/mol. The van der Waals surface area contributed by atoms with Crippen LogP contribution in [0, 0.1) is 6.92 Å². The SMILES string of the molecule is COC(C)CNc1ccnc(C)n1. The van der Waals surface area contributed by atoms with Gasteiger partial charge in [0.15, 0.2) is 0 Å². The van der Waals surface area contributed by atoms with Gasteiger partial charge in [0.05, 0.1) is 6.10 Å². The van der Waals surface area contributed by atoms with Gasteiger partial charge in [0, 0.05) is 19.9 Å².